The van der Waals surface area contributed by atoms with Crippen LogP contribution in [0.3, 0.4) is 0 Å². The molecule has 0 bridgehead atoms. The summed E-state index contributed by atoms with van der Waals surface area (Å²) in [6.07, 6.45) is 3.61. The molecule has 0 radical (unpaired) electrons. The molecule has 1 aromatic carbocycles. The Hall–Kier alpha value is -2.07. The van der Waals surface area contributed by atoms with Crippen molar-refractivity contribution in [3.8, 4) is 11.8 Å². The summed E-state index contributed by atoms with van der Waals surface area (Å²) < 4.78 is 0. The highest BCUT2D eigenvalue weighted by atomic mass is 14.6. The first kappa shape index (κ1) is 9.48. The van der Waals surface area contributed by atoms with Crippen LogP contribution in [0, 0.1) is 18.8 Å². The van der Waals surface area contributed by atoms with E-state index >= 15 is 0 Å². The molecule has 72 valence electrons. The molecule has 0 atom stereocenters. The Balaban J connectivity index is 2.26. The van der Waals surface area contributed by atoms with Gasteiger partial charge < -0.3 is 0 Å². The Bertz CT molecular complexity index is 504. The second kappa shape index (κ2) is 4.43. The van der Waals surface area contributed by atoms with Crippen LogP contribution in [0.1, 0.15) is 16.7 Å². The van der Waals surface area contributed by atoms with E-state index in [9.17, 15) is 0 Å². The van der Waals surface area contributed by atoms with E-state index < -0.39 is 0 Å². The maximum atomic E-state index is 4.09. The molecule has 0 unspecified atom stereocenters. The van der Waals surface area contributed by atoms with Crippen molar-refractivity contribution in [2.24, 2.45) is 0 Å². The van der Waals surface area contributed by atoms with Crippen molar-refractivity contribution >= 4 is 0 Å². The predicted octanol–water partition coefficient (Wildman–Crippen LogP) is 2.79. The molecule has 2 rings (SSSR count). The van der Waals surface area contributed by atoms with Gasteiger partial charge in [-0.05, 0) is 30.7 Å². The second-order valence-electron chi connectivity index (χ2n) is 3.37. The monoisotopic (exact) mass is 193 g/mol. The Morgan fingerprint density at radius 1 is 0.933 bits per heavy atom. The molecule has 0 saturated heterocycles. The van der Waals surface area contributed by atoms with Crippen molar-refractivity contribution < 1.29 is 0 Å². The van der Waals surface area contributed by atoms with E-state index in [0.717, 1.165) is 16.7 Å². The summed E-state index contributed by atoms with van der Waals surface area (Å²) in [6.45, 7) is 2.01. The molecule has 1 heteroatoms. The molecule has 0 fully saturated rings. The van der Waals surface area contributed by atoms with Crippen molar-refractivity contribution in [2.45, 2.75) is 6.92 Å². The first-order chi connectivity index (χ1) is 7.34. The van der Waals surface area contributed by atoms with Crippen molar-refractivity contribution in [3.05, 3.63) is 65.5 Å². The van der Waals surface area contributed by atoms with Gasteiger partial charge in [-0.1, -0.05) is 30.0 Å². The summed E-state index contributed by atoms with van der Waals surface area (Å²) in [5, 5.41) is 0. The number of aryl methyl sites for hydroxylation is 1. The first-order valence-corrected chi connectivity index (χ1v) is 4.83. The fraction of sp³-hybridized carbons (Fsp3) is 0.0714. The summed E-state index contributed by atoms with van der Waals surface area (Å²) in [5.41, 5.74) is 3.12. The van der Waals surface area contributed by atoms with E-state index in [4.69, 9.17) is 0 Å². The van der Waals surface area contributed by atoms with Crippen LogP contribution in [0.5, 0.6) is 0 Å². The molecule has 1 heterocycles. The normalized spacial score (nSPS) is 9.13. The van der Waals surface area contributed by atoms with Gasteiger partial charge in [-0.3, -0.25) is 4.98 Å². The number of hydrogen-bond donors (Lipinski definition) is 0. The lowest BCUT2D eigenvalue weighted by Gasteiger charge is -1.91. The van der Waals surface area contributed by atoms with E-state index in [1.165, 1.54) is 0 Å². The van der Waals surface area contributed by atoms with Crippen LogP contribution in [0.25, 0.3) is 0 Å². The topological polar surface area (TPSA) is 12.9 Å². The van der Waals surface area contributed by atoms with Gasteiger partial charge in [0.2, 0.25) is 0 Å². The summed E-state index contributed by atoms with van der Waals surface area (Å²) in [6, 6.07) is 12.0. The summed E-state index contributed by atoms with van der Waals surface area (Å²) in [5.74, 6) is 6.19. The zero-order valence-electron chi connectivity index (χ0n) is 8.57. The fourth-order valence-electron chi connectivity index (χ4n) is 1.29. The molecule has 0 aliphatic rings. The quantitative estimate of drug-likeness (QED) is 0.586. The molecule has 0 spiro atoms. The second-order valence-corrected chi connectivity index (χ2v) is 3.37. The van der Waals surface area contributed by atoms with Crippen LogP contribution in [0.2, 0.25) is 0 Å². The van der Waals surface area contributed by atoms with E-state index in [1.807, 2.05) is 49.5 Å². The molecular weight excluding hydrogens is 182 g/mol. The summed E-state index contributed by atoms with van der Waals surface area (Å²) >= 11 is 0. The Labute approximate surface area is 89.8 Å². The predicted molar refractivity (Wildman–Crippen MR) is 61.4 cm³/mol. The van der Waals surface area contributed by atoms with Crippen LogP contribution < -0.4 is 0 Å². The zero-order chi connectivity index (χ0) is 10.5. The molecule has 1 nitrogen and oxygen atoms in total. The largest absolute Gasteiger partial charge is 0.263 e. The van der Waals surface area contributed by atoms with E-state index in [2.05, 4.69) is 16.8 Å². The number of pyridine rings is 1. The van der Waals surface area contributed by atoms with Crippen molar-refractivity contribution in [3.63, 3.8) is 0 Å². The molecule has 2 aromatic rings. The highest BCUT2D eigenvalue weighted by Gasteiger charge is 1.88. The third-order valence-corrected chi connectivity index (χ3v) is 2.00. The molecule has 15 heavy (non-hydrogen) atoms. The number of nitrogens with zero attached hydrogens (tertiary/aromatic N) is 1. The minimum atomic E-state index is 0.957. The van der Waals surface area contributed by atoms with E-state index in [-0.39, 0.29) is 0 Å². The van der Waals surface area contributed by atoms with Gasteiger partial charge in [0.1, 0.15) is 0 Å². The van der Waals surface area contributed by atoms with Crippen molar-refractivity contribution in [1.82, 2.24) is 4.98 Å². The van der Waals surface area contributed by atoms with Gasteiger partial charge in [-0.25, -0.2) is 0 Å². The average Bonchev–Trinajstić information content (AvgIpc) is 2.28. The number of benzene rings is 1. The van der Waals surface area contributed by atoms with E-state index in [1.54, 1.807) is 6.20 Å². The first-order valence-electron chi connectivity index (χ1n) is 4.83. The molecule has 1 aromatic heterocycles. The maximum Gasteiger partial charge on any atom is 0.0435 e. The lowest BCUT2D eigenvalue weighted by molar-refractivity contribution is 1.26. The van der Waals surface area contributed by atoms with Crippen molar-refractivity contribution in [1.29, 1.82) is 0 Å². The van der Waals surface area contributed by atoms with Crippen LogP contribution in [0.4, 0.5) is 0 Å². The Morgan fingerprint density at radius 2 is 1.67 bits per heavy atom. The van der Waals surface area contributed by atoms with Crippen molar-refractivity contribution in [2.75, 3.05) is 0 Å². The van der Waals surface area contributed by atoms with Crippen LogP contribution in [0.15, 0.2) is 48.8 Å². The van der Waals surface area contributed by atoms with Crippen LogP contribution in [-0.4, -0.2) is 4.98 Å². The molecule has 0 saturated carbocycles. The van der Waals surface area contributed by atoms with Crippen LogP contribution in [-0.2, 0) is 0 Å². The number of aromatic nitrogens is 1. The maximum absolute atomic E-state index is 4.09. The van der Waals surface area contributed by atoms with Gasteiger partial charge in [-0.15, -0.1) is 0 Å². The van der Waals surface area contributed by atoms with E-state index in [0.29, 0.717) is 0 Å². The highest BCUT2D eigenvalue weighted by molar-refractivity contribution is 5.42. The molecule has 0 amide bonds. The van der Waals surface area contributed by atoms with Gasteiger partial charge in [-0.2, -0.15) is 0 Å². The lowest BCUT2D eigenvalue weighted by atomic mass is 10.2. The Kier molecular flexibility index (Phi) is 2.80. The van der Waals surface area contributed by atoms with Gasteiger partial charge in [0, 0.05) is 23.5 Å². The Morgan fingerprint density at radius 3 is 2.40 bits per heavy atom. The molecule has 0 aliphatic carbocycles. The number of rotatable bonds is 0. The number of hydrogen-bond acceptors (Lipinski definition) is 1. The smallest absolute Gasteiger partial charge is 0.0435 e. The average molecular weight is 193 g/mol. The highest BCUT2D eigenvalue weighted by Crippen LogP contribution is 2.00. The van der Waals surface area contributed by atoms with Gasteiger partial charge >= 0.3 is 0 Å². The van der Waals surface area contributed by atoms with Gasteiger partial charge in [0.15, 0.2) is 0 Å². The third-order valence-electron chi connectivity index (χ3n) is 2.00. The SMILES string of the molecule is Cc1cncc(C#Cc2ccccc2)c1. The fourth-order valence-corrected chi connectivity index (χ4v) is 1.29. The van der Waals surface area contributed by atoms with Crippen LogP contribution >= 0.6 is 0 Å². The molecule has 0 aliphatic heterocycles. The third kappa shape index (κ3) is 2.69. The van der Waals surface area contributed by atoms with Gasteiger partial charge in [0.05, 0.1) is 0 Å². The molecular formula is C14H11N. The summed E-state index contributed by atoms with van der Waals surface area (Å²) in [4.78, 5) is 4.09. The van der Waals surface area contributed by atoms with Gasteiger partial charge in [0.25, 0.3) is 0 Å². The minimum absolute atomic E-state index is 0.957. The zero-order valence-corrected chi connectivity index (χ0v) is 8.57. The standard InChI is InChI=1S/C14H11N/c1-12-9-14(11-15-10-12)8-7-13-5-3-2-4-6-13/h2-6,9-11H,1H3. The lowest BCUT2D eigenvalue weighted by Crippen LogP contribution is -1.80. The molecule has 0 N–H and O–H groups in total. The summed E-state index contributed by atoms with van der Waals surface area (Å²) in [7, 11) is 0. The minimum Gasteiger partial charge on any atom is -0.263 e.